The van der Waals surface area contributed by atoms with Gasteiger partial charge in [-0.25, -0.2) is 8.78 Å². The van der Waals surface area contributed by atoms with Crippen LogP contribution in [-0.2, 0) is 9.53 Å². The lowest BCUT2D eigenvalue weighted by Gasteiger charge is -2.54. The highest BCUT2D eigenvalue weighted by Gasteiger charge is 2.54. The van der Waals surface area contributed by atoms with Crippen molar-refractivity contribution >= 4 is 23.4 Å². The average Bonchev–Trinajstić information content (AvgIpc) is 3.27. The minimum absolute atomic E-state index is 0.235. The van der Waals surface area contributed by atoms with E-state index < -0.39 is 42.9 Å². The van der Waals surface area contributed by atoms with Crippen molar-refractivity contribution in [3.63, 3.8) is 0 Å². The predicted octanol–water partition coefficient (Wildman–Crippen LogP) is 3.22. The number of aromatic nitrogens is 2. The molecular formula is C24H27F2N4O4-. The molecule has 1 aromatic heterocycles. The number of anilines is 2. The number of amides is 2. The molecule has 3 aliphatic rings. The summed E-state index contributed by atoms with van der Waals surface area (Å²) in [6.45, 7) is 4.46. The Kier molecular flexibility index (Phi) is 5.58. The van der Waals surface area contributed by atoms with Crippen LogP contribution in [0.4, 0.5) is 25.0 Å². The molecule has 1 aromatic carbocycles. The van der Waals surface area contributed by atoms with Crippen molar-refractivity contribution in [2.24, 2.45) is 5.92 Å². The van der Waals surface area contributed by atoms with Crippen molar-refractivity contribution < 1.29 is 28.2 Å². The van der Waals surface area contributed by atoms with E-state index in [0.29, 0.717) is 18.9 Å². The number of benzene rings is 1. The van der Waals surface area contributed by atoms with Crippen molar-refractivity contribution in [3.05, 3.63) is 30.6 Å². The summed E-state index contributed by atoms with van der Waals surface area (Å²) >= 11 is 0. The molecule has 10 heteroatoms. The molecule has 1 saturated carbocycles. The van der Waals surface area contributed by atoms with Gasteiger partial charge in [-0.2, -0.15) is 5.10 Å². The minimum Gasteiger partial charge on any atom is -0.530 e. The van der Waals surface area contributed by atoms with Gasteiger partial charge in [0.2, 0.25) is 11.8 Å². The van der Waals surface area contributed by atoms with Crippen LogP contribution < -0.4 is 14.9 Å². The molecule has 182 valence electrons. The number of carbonyl (C=O) groups excluding carboxylic acids is 2. The predicted molar refractivity (Wildman–Crippen MR) is 119 cm³/mol. The largest absolute Gasteiger partial charge is 0.530 e. The second-order valence-corrected chi connectivity index (χ2v) is 9.54. The Hall–Kier alpha value is -3.01. The van der Waals surface area contributed by atoms with E-state index in [1.807, 2.05) is 16.9 Å². The fourth-order valence-corrected chi connectivity index (χ4v) is 5.71. The lowest BCUT2D eigenvalue weighted by atomic mass is 9.72. The number of carbonyl (C=O) groups is 2. The molecule has 3 heterocycles. The highest BCUT2D eigenvalue weighted by Crippen LogP contribution is 2.50. The van der Waals surface area contributed by atoms with Crippen molar-refractivity contribution in [1.29, 1.82) is 0 Å². The molecule has 2 aliphatic heterocycles. The molecular weight excluding hydrogens is 446 g/mol. The Bertz CT molecular complexity index is 1110. The summed E-state index contributed by atoms with van der Waals surface area (Å²) < 4.78 is 34.7. The molecule has 0 radical (unpaired) electrons. The molecule has 0 spiro atoms. The first kappa shape index (κ1) is 22.8. The number of alkyl halides is 2. The number of fused-ring (bicyclic) bond motifs is 1. The third-order valence-electron chi connectivity index (χ3n) is 7.33. The summed E-state index contributed by atoms with van der Waals surface area (Å²) in [7, 11) is 0. The van der Waals surface area contributed by atoms with E-state index >= 15 is 0 Å². The third kappa shape index (κ3) is 3.83. The first-order chi connectivity index (χ1) is 16.2. The smallest absolute Gasteiger partial charge is 0.248 e. The zero-order chi connectivity index (χ0) is 24.2. The van der Waals surface area contributed by atoms with Gasteiger partial charge in [-0.1, -0.05) is 6.07 Å². The fraction of sp³-hybridized carbons (Fsp3) is 0.542. The van der Waals surface area contributed by atoms with Crippen LogP contribution in [0.2, 0.25) is 0 Å². The molecule has 2 aromatic rings. The second kappa shape index (κ2) is 8.33. The standard InChI is InChI=1S/C24H28F2N4O4/c1-14-22(17-10-24(25,26)11-17)30(23(32)33)21-9-16(3-4-20(21)29(14)15(2)31)18-12-27-28(13-18)19-5-7-34-8-6-19/h3-4,9,12-14,17,19,22H,5-8,10-11H2,1-2H3,(H,32,33)/p-1/t14-,22?/m0/s1. The van der Waals surface area contributed by atoms with Gasteiger partial charge in [-0.3, -0.25) is 9.48 Å². The molecule has 2 fully saturated rings. The van der Waals surface area contributed by atoms with Gasteiger partial charge in [0.1, 0.15) is 6.09 Å². The van der Waals surface area contributed by atoms with Crippen molar-refractivity contribution in [2.75, 3.05) is 23.0 Å². The van der Waals surface area contributed by atoms with Crippen LogP contribution in [0, 0.1) is 5.92 Å². The Morgan fingerprint density at radius 2 is 1.82 bits per heavy atom. The van der Waals surface area contributed by atoms with Crippen LogP contribution in [0.1, 0.15) is 45.6 Å². The van der Waals surface area contributed by atoms with Crippen LogP contribution in [-0.4, -0.2) is 53.0 Å². The molecule has 0 N–H and O–H groups in total. The summed E-state index contributed by atoms with van der Waals surface area (Å²) in [5.41, 5.74) is 2.21. The molecule has 8 nitrogen and oxygen atoms in total. The Balaban J connectivity index is 1.54. The van der Waals surface area contributed by atoms with Gasteiger partial charge in [0.25, 0.3) is 0 Å². The molecule has 34 heavy (non-hydrogen) atoms. The minimum atomic E-state index is -2.82. The number of rotatable bonds is 3. The van der Waals surface area contributed by atoms with E-state index in [9.17, 15) is 23.5 Å². The Morgan fingerprint density at radius 3 is 2.44 bits per heavy atom. The maximum absolute atomic E-state index is 13.7. The number of hydrogen-bond donors (Lipinski definition) is 0. The SMILES string of the molecule is CC(=O)N1c2ccc(-c3cnn(C4CCOCC4)c3)cc2N(C(=O)[O-])C(C2CC(F)(F)C2)[C@@H]1C. The van der Waals surface area contributed by atoms with Crippen LogP contribution in [0.5, 0.6) is 0 Å². The van der Waals surface area contributed by atoms with Gasteiger partial charge in [0, 0.05) is 44.7 Å². The van der Waals surface area contributed by atoms with Crippen LogP contribution in [0.25, 0.3) is 11.1 Å². The van der Waals surface area contributed by atoms with Gasteiger partial charge < -0.3 is 24.4 Å². The number of nitrogens with zero attached hydrogens (tertiary/aromatic N) is 4. The molecule has 5 rings (SSSR count). The summed E-state index contributed by atoms with van der Waals surface area (Å²) in [6.07, 6.45) is 3.07. The van der Waals surface area contributed by atoms with Gasteiger partial charge in [0.15, 0.2) is 0 Å². The van der Waals surface area contributed by atoms with Gasteiger partial charge in [0.05, 0.1) is 35.7 Å². The average molecular weight is 474 g/mol. The monoisotopic (exact) mass is 473 g/mol. The second-order valence-electron chi connectivity index (χ2n) is 9.54. The van der Waals surface area contributed by atoms with Crippen LogP contribution in [0.3, 0.4) is 0 Å². The highest BCUT2D eigenvalue weighted by atomic mass is 19.3. The number of hydrogen-bond acceptors (Lipinski definition) is 5. The zero-order valence-electron chi connectivity index (χ0n) is 19.1. The van der Waals surface area contributed by atoms with Crippen molar-refractivity contribution in [2.45, 2.75) is 63.6 Å². The number of ether oxygens (including phenoxy) is 1. The van der Waals surface area contributed by atoms with Crippen molar-refractivity contribution in [3.8, 4) is 11.1 Å². The molecule has 1 unspecified atom stereocenters. The van der Waals surface area contributed by atoms with E-state index in [1.165, 1.54) is 11.8 Å². The summed E-state index contributed by atoms with van der Waals surface area (Å²) in [4.78, 5) is 27.4. The van der Waals surface area contributed by atoms with Gasteiger partial charge in [-0.05, 0) is 43.4 Å². The number of halogens is 2. The van der Waals surface area contributed by atoms with Crippen LogP contribution in [0.15, 0.2) is 30.6 Å². The van der Waals surface area contributed by atoms with E-state index in [1.54, 1.807) is 25.3 Å². The summed E-state index contributed by atoms with van der Waals surface area (Å²) in [5, 5.41) is 16.8. The molecule has 0 bridgehead atoms. The summed E-state index contributed by atoms with van der Waals surface area (Å²) in [6, 6.07) is 4.02. The summed E-state index contributed by atoms with van der Waals surface area (Å²) in [5.74, 6) is -3.66. The van der Waals surface area contributed by atoms with Crippen molar-refractivity contribution in [1.82, 2.24) is 9.78 Å². The maximum atomic E-state index is 13.7. The van der Waals surface area contributed by atoms with E-state index in [4.69, 9.17) is 4.74 Å². The first-order valence-corrected chi connectivity index (χ1v) is 11.6. The number of carboxylic acid groups (broad SMARTS) is 1. The van der Waals surface area contributed by atoms with E-state index in [0.717, 1.165) is 28.9 Å². The zero-order valence-corrected chi connectivity index (χ0v) is 19.1. The lowest BCUT2D eigenvalue weighted by Crippen LogP contribution is -2.65. The Labute approximate surface area is 196 Å². The third-order valence-corrected chi connectivity index (χ3v) is 7.33. The molecule has 2 amide bonds. The molecule has 1 saturated heterocycles. The Morgan fingerprint density at radius 1 is 1.12 bits per heavy atom. The fourth-order valence-electron chi connectivity index (χ4n) is 5.71. The quantitative estimate of drug-likeness (QED) is 0.683. The lowest BCUT2D eigenvalue weighted by molar-refractivity contribution is -0.248. The van der Waals surface area contributed by atoms with E-state index in [2.05, 4.69) is 5.10 Å². The normalized spacial score (nSPS) is 25.1. The van der Waals surface area contributed by atoms with Gasteiger partial charge >= 0.3 is 0 Å². The van der Waals surface area contributed by atoms with Gasteiger partial charge in [-0.15, -0.1) is 0 Å². The van der Waals surface area contributed by atoms with Crippen LogP contribution >= 0.6 is 0 Å². The first-order valence-electron chi connectivity index (χ1n) is 11.6. The maximum Gasteiger partial charge on any atom is 0.248 e. The topological polar surface area (TPSA) is 90.7 Å². The van der Waals surface area contributed by atoms with E-state index in [-0.39, 0.29) is 17.6 Å². The molecule has 1 aliphatic carbocycles. The highest BCUT2D eigenvalue weighted by molar-refractivity contribution is 6.03. The molecule has 2 atom stereocenters.